The number of halogens is 2. The van der Waals surface area contributed by atoms with Gasteiger partial charge in [0.05, 0.1) is 22.9 Å². The van der Waals surface area contributed by atoms with Gasteiger partial charge in [-0.05, 0) is 33.3 Å². The fourth-order valence-electron chi connectivity index (χ4n) is 4.30. The lowest BCUT2D eigenvalue weighted by Gasteiger charge is -2.24. The smallest absolute Gasteiger partial charge is 0.260 e. The van der Waals surface area contributed by atoms with E-state index in [0.29, 0.717) is 41.4 Å². The number of benzene rings is 1. The van der Waals surface area contributed by atoms with Gasteiger partial charge in [0.25, 0.3) is 5.91 Å². The van der Waals surface area contributed by atoms with Crippen LogP contribution in [0.4, 0.5) is 10.2 Å². The van der Waals surface area contributed by atoms with E-state index in [-0.39, 0.29) is 29.0 Å². The van der Waals surface area contributed by atoms with E-state index >= 15 is 4.39 Å². The molecule has 1 aliphatic heterocycles. The van der Waals surface area contributed by atoms with Crippen LogP contribution in [-0.2, 0) is 0 Å². The number of nitrogen functional groups attached to an aromatic ring is 1. The third-order valence-corrected chi connectivity index (χ3v) is 6.13. The van der Waals surface area contributed by atoms with Crippen LogP contribution in [0.3, 0.4) is 0 Å². The molecule has 0 saturated carbocycles. The predicted molar refractivity (Wildman–Crippen MR) is 123 cm³/mol. The lowest BCUT2D eigenvalue weighted by molar-refractivity contribution is 0.0753. The number of aliphatic hydroxyl groups excluding tert-OH is 1. The van der Waals surface area contributed by atoms with Crippen LogP contribution in [0.2, 0.25) is 5.02 Å². The van der Waals surface area contributed by atoms with Crippen molar-refractivity contribution < 1.29 is 19.0 Å². The topological polar surface area (TPSA) is 106 Å². The summed E-state index contributed by atoms with van der Waals surface area (Å²) in [5, 5.41) is 9.69. The van der Waals surface area contributed by atoms with Crippen LogP contribution >= 0.6 is 11.6 Å². The molecule has 1 aromatic carbocycles. The molecule has 1 saturated heterocycles. The Morgan fingerprint density at radius 2 is 2.12 bits per heavy atom. The Kier molecular flexibility index (Phi) is 6.20. The number of amides is 1. The molecule has 1 aliphatic rings. The number of aliphatic hydroxyl groups is 1. The number of hydrogen-bond acceptors (Lipinski definition) is 6. The molecule has 3 N–H and O–H groups in total. The van der Waals surface area contributed by atoms with Crippen molar-refractivity contribution in [1.29, 1.82) is 0 Å². The van der Waals surface area contributed by atoms with Crippen LogP contribution in [0.25, 0.3) is 5.52 Å². The molecule has 0 spiro atoms. The van der Waals surface area contributed by atoms with E-state index < -0.39 is 23.7 Å². The monoisotopic (exact) mass is 475 g/mol. The van der Waals surface area contributed by atoms with E-state index in [1.807, 2.05) is 18.2 Å². The van der Waals surface area contributed by atoms with E-state index in [9.17, 15) is 9.90 Å². The maximum atomic E-state index is 15.3. The van der Waals surface area contributed by atoms with E-state index in [2.05, 4.69) is 9.97 Å². The fraction of sp³-hybridized carbons (Fsp3) is 0.435. The second kappa shape index (κ2) is 8.79. The van der Waals surface area contributed by atoms with Gasteiger partial charge in [-0.3, -0.25) is 9.20 Å². The highest BCUT2D eigenvalue weighted by molar-refractivity contribution is 6.31. The van der Waals surface area contributed by atoms with Gasteiger partial charge in [0, 0.05) is 37.0 Å². The number of anilines is 1. The van der Waals surface area contributed by atoms with Crippen molar-refractivity contribution in [2.45, 2.75) is 52.2 Å². The molecule has 176 valence electrons. The number of imidazole rings is 1. The number of aryl methyl sites for hydroxylation is 1. The fourth-order valence-corrected chi connectivity index (χ4v) is 4.51. The number of nitrogens with zero attached hydrogens (tertiary/aromatic N) is 4. The van der Waals surface area contributed by atoms with Crippen molar-refractivity contribution >= 4 is 28.8 Å². The summed E-state index contributed by atoms with van der Waals surface area (Å²) < 4.78 is 23.2. The van der Waals surface area contributed by atoms with Crippen molar-refractivity contribution in [2.75, 3.05) is 18.8 Å². The molecule has 3 aromatic rings. The van der Waals surface area contributed by atoms with Crippen LogP contribution in [0.5, 0.6) is 5.75 Å². The standard InChI is InChI=1S/C23H27ClFN5O3/c1-11(2)33-20-15(12(3)22-28-13(4)19-21(26)27-6-8-30(19)22)9-16(24)18(25)17(20)23(32)29-7-5-14(31)10-29/h6,8-9,11-12,14,31H,5,7,10H2,1-4H3,(H2,26,27). The first-order chi connectivity index (χ1) is 15.6. The second-order valence-corrected chi connectivity index (χ2v) is 9.04. The van der Waals surface area contributed by atoms with Gasteiger partial charge in [0.1, 0.15) is 28.5 Å². The quantitative estimate of drug-likeness (QED) is 0.584. The number of carbonyl (C=O) groups is 1. The summed E-state index contributed by atoms with van der Waals surface area (Å²) in [6.45, 7) is 7.78. The lowest BCUT2D eigenvalue weighted by atomic mass is 9.95. The lowest BCUT2D eigenvalue weighted by Crippen LogP contribution is -2.31. The zero-order valence-electron chi connectivity index (χ0n) is 19.0. The normalized spacial score (nSPS) is 17.2. The van der Waals surface area contributed by atoms with Crippen molar-refractivity contribution in [3.63, 3.8) is 0 Å². The summed E-state index contributed by atoms with van der Waals surface area (Å²) in [6, 6.07) is 1.48. The van der Waals surface area contributed by atoms with Crippen LogP contribution in [0, 0.1) is 12.7 Å². The molecule has 4 rings (SSSR count). The van der Waals surface area contributed by atoms with Gasteiger partial charge in [0.2, 0.25) is 0 Å². The zero-order chi connectivity index (χ0) is 24.0. The van der Waals surface area contributed by atoms with Crippen molar-refractivity contribution in [2.24, 2.45) is 0 Å². The molecule has 2 aromatic heterocycles. The number of β-amino-alcohol motifs (C(OH)–C–C–N with tert-alkyl or cyclic N) is 1. The van der Waals surface area contributed by atoms with Crippen LogP contribution in [-0.4, -0.2) is 55.6 Å². The maximum absolute atomic E-state index is 15.3. The molecule has 0 radical (unpaired) electrons. The average Bonchev–Trinajstić information content (AvgIpc) is 3.33. The SMILES string of the molecule is Cc1nc(C(C)c2cc(Cl)c(F)c(C(=O)N3CCC(O)C3)c2OC(C)C)n2ccnc(N)c12. The number of rotatable bonds is 5. The third-order valence-electron chi connectivity index (χ3n) is 5.86. The summed E-state index contributed by atoms with van der Waals surface area (Å²) in [5.41, 5.74) is 7.73. The highest BCUT2D eigenvalue weighted by Crippen LogP contribution is 2.40. The van der Waals surface area contributed by atoms with Gasteiger partial charge in [-0.25, -0.2) is 14.4 Å². The number of nitrogens with two attached hydrogens (primary N) is 1. The minimum atomic E-state index is -0.841. The summed E-state index contributed by atoms with van der Waals surface area (Å²) >= 11 is 6.28. The maximum Gasteiger partial charge on any atom is 0.260 e. The minimum absolute atomic E-state index is 0.127. The largest absolute Gasteiger partial charge is 0.490 e. The summed E-state index contributed by atoms with van der Waals surface area (Å²) in [6.07, 6.45) is 2.81. The van der Waals surface area contributed by atoms with E-state index in [1.54, 1.807) is 26.2 Å². The second-order valence-electron chi connectivity index (χ2n) is 8.63. The van der Waals surface area contributed by atoms with E-state index in [0.717, 1.165) is 0 Å². The van der Waals surface area contributed by atoms with Crippen molar-refractivity contribution in [3.8, 4) is 5.75 Å². The molecular weight excluding hydrogens is 449 g/mol. The van der Waals surface area contributed by atoms with Gasteiger partial charge < -0.3 is 20.5 Å². The summed E-state index contributed by atoms with van der Waals surface area (Å²) in [7, 11) is 0. The van der Waals surface area contributed by atoms with E-state index in [4.69, 9.17) is 22.1 Å². The molecule has 0 aliphatic carbocycles. The molecule has 1 amide bonds. The minimum Gasteiger partial charge on any atom is -0.490 e. The van der Waals surface area contributed by atoms with Crippen molar-refractivity contribution in [3.05, 3.63) is 51.9 Å². The van der Waals surface area contributed by atoms with Crippen LogP contribution < -0.4 is 10.5 Å². The van der Waals surface area contributed by atoms with Gasteiger partial charge >= 0.3 is 0 Å². The molecule has 33 heavy (non-hydrogen) atoms. The van der Waals surface area contributed by atoms with Crippen molar-refractivity contribution in [1.82, 2.24) is 19.3 Å². The molecule has 2 unspecified atom stereocenters. The average molecular weight is 476 g/mol. The Morgan fingerprint density at radius 1 is 1.39 bits per heavy atom. The Bertz CT molecular complexity index is 1230. The number of carbonyl (C=O) groups excluding carboxylic acids is 1. The third kappa shape index (κ3) is 4.11. The first-order valence-electron chi connectivity index (χ1n) is 10.8. The molecule has 2 atom stereocenters. The van der Waals surface area contributed by atoms with E-state index in [1.165, 1.54) is 11.0 Å². The Balaban J connectivity index is 1.91. The number of aromatic nitrogens is 3. The summed E-state index contributed by atoms with van der Waals surface area (Å²) in [4.78, 5) is 23.6. The Morgan fingerprint density at radius 3 is 2.76 bits per heavy atom. The molecule has 0 bridgehead atoms. The molecule has 8 nitrogen and oxygen atoms in total. The van der Waals surface area contributed by atoms with Gasteiger partial charge in [-0.15, -0.1) is 0 Å². The van der Waals surface area contributed by atoms with Gasteiger partial charge in [-0.2, -0.15) is 0 Å². The first-order valence-corrected chi connectivity index (χ1v) is 11.2. The Labute approximate surface area is 196 Å². The van der Waals surface area contributed by atoms with Gasteiger partial charge in [0.15, 0.2) is 5.82 Å². The first kappa shape index (κ1) is 23.3. The summed E-state index contributed by atoms with van der Waals surface area (Å²) in [5.74, 6) is -0.721. The van der Waals surface area contributed by atoms with Crippen LogP contribution in [0.1, 0.15) is 60.5 Å². The highest BCUT2D eigenvalue weighted by Gasteiger charge is 2.34. The number of ether oxygens (including phenoxy) is 1. The molecular formula is C23H27ClFN5O3. The van der Waals surface area contributed by atoms with Gasteiger partial charge in [-0.1, -0.05) is 18.5 Å². The number of fused-ring (bicyclic) bond motifs is 1. The number of likely N-dealkylation sites (tertiary alicyclic amines) is 1. The molecule has 3 heterocycles. The number of hydrogen-bond donors (Lipinski definition) is 2. The Hall–Kier alpha value is -2.91. The van der Waals surface area contributed by atoms with Crippen LogP contribution in [0.15, 0.2) is 18.5 Å². The highest BCUT2D eigenvalue weighted by atomic mass is 35.5. The molecule has 10 heteroatoms. The zero-order valence-corrected chi connectivity index (χ0v) is 19.7. The predicted octanol–water partition coefficient (Wildman–Crippen LogP) is 3.56. The molecule has 1 fully saturated rings.